The van der Waals surface area contributed by atoms with E-state index in [2.05, 4.69) is 5.32 Å². The highest BCUT2D eigenvalue weighted by atomic mass is 35.5. The van der Waals surface area contributed by atoms with Crippen molar-refractivity contribution >= 4 is 33.2 Å². The number of ether oxygens (including phenoxy) is 1. The number of sulfonamides is 1. The number of carbonyl (C=O) groups excluding carboxylic acids is 1. The van der Waals surface area contributed by atoms with Crippen LogP contribution < -0.4 is 15.2 Å². The lowest BCUT2D eigenvalue weighted by Crippen LogP contribution is -2.17. The van der Waals surface area contributed by atoms with Crippen molar-refractivity contribution < 1.29 is 26.7 Å². The summed E-state index contributed by atoms with van der Waals surface area (Å²) in [5.41, 5.74) is 0.0396. The van der Waals surface area contributed by atoms with Gasteiger partial charge in [0, 0.05) is 16.3 Å². The van der Waals surface area contributed by atoms with Crippen LogP contribution in [0.1, 0.15) is 17.6 Å². The molecule has 0 fully saturated rings. The topological polar surface area (TPSA) is 98.5 Å². The lowest BCUT2D eigenvalue weighted by molar-refractivity contribution is -0.115. The van der Waals surface area contributed by atoms with E-state index in [1.807, 2.05) is 0 Å². The molecule has 0 atom stereocenters. The largest absolute Gasteiger partial charge is 0.456 e. The van der Waals surface area contributed by atoms with Crippen LogP contribution in [0.5, 0.6) is 11.5 Å². The molecular formula is C21H17ClF2N2O4S. The number of carbonyl (C=O) groups is 1. The van der Waals surface area contributed by atoms with E-state index < -0.39 is 22.4 Å². The molecule has 0 aliphatic carbocycles. The summed E-state index contributed by atoms with van der Waals surface area (Å²) in [5.74, 6) is -0.374. The quantitative estimate of drug-likeness (QED) is 0.517. The Morgan fingerprint density at radius 2 is 1.81 bits per heavy atom. The zero-order valence-corrected chi connectivity index (χ0v) is 17.5. The number of amides is 1. The van der Waals surface area contributed by atoms with Gasteiger partial charge in [-0.1, -0.05) is 41.9 Å². The van der Waals surface area contributed by atoms with Gasteiger partial charge in [-0.3, -0.25) is 4.79 Å². The molecular weight excluding hydrogens is 450 g/mol. The molecule has 0 aromatic heterocycles. The molecule has 3 N–H and O–H groups in total. The Balaban J connectivity index is 1.83. The van der Waals surface area contributed by atoms with Gasteiger partial charge in [0.2, 0.25) is 15.9 Å². The Bertz CT molecular complexity index is 1220. The van der Waals surface area contributed by atoms with E-state index in [0.717, 1.165) is 6.07 Å². The first-order chi connectivity index (χ1) is 14.6. The Kier molecular flexibility index (Phi) is 6.89. The predicted molar refractivity (Wildman–Crippen MR) is 113 cm³/mol. The fraction of sp³-hybridized carbons (Fsp3) is 0.0952. The fourth-order valence-corrected chi connectivity index (χ4v) is 3.70. The highest BCUT2D eigenvalue weighted by Crippen LogP contribution is 2.32. The van der Waals surface area contributed by atoms with E-state index in [4.69, 9.17) is 21.5 Å². The van der Waals surface area contributed by atoms with Crippen LogP contribution in [0, 0.1) is 0 Å². The van der Waals surface area contributed by atoms with Crippen molar-refractivity contribution in [3.8, 4) is 11.5 Å². The van der Waals surface area contributed by atoms with Gasteiger partial charge >= 0.3 is 0 Å². The standard InChI is InChI=1S/C21H17ClF2N2O4S/c22-14-5-3-6-16(11-14)30-18-9-8-15(12-19(18)31(25,28)29)26-20(27)10-13-4-1-2-7-17(13)21(23)24/h1-9,11-12,21H,10H2,(H,26,27)(H2,25,28,29). The van der Waals surface area contributed by atoms with Crippen molar-refractivity contribution in [2.45, 2.75) is 17.7 Å². The summed E-state index contributed by atoms with van der Waals surface area (Å²) in [6, 6.07) is 15.9. The molecule has 3 aromatic carbocycles. The number of halogens is 3. The zero-order chi connectivity index (χ0) is 22.6. The summed E-state index contributed by atoms with van der Waals surface area (Å²) in [7, 11) is -4.21. The summed E-state index contributed by atoms with van der Waals surface area (Å²) < 4.78 is 55.9. The van der Waals surface area contributed by atoms with E-state index in [9.17, 15) is 22.0 Å². The number of primary sulfonamides is 1. The first-order valence-corrected chi connectivity index (χ1v) is 10.8. The van der Waals surface area contributed by atoms with Crippen LogP contribution in [0.15, 0.2) is 71.6 Å². The molecule has 0 saturated carbocycles. The van der Waals surface area contributed by atoms with Crippen molar-refractivity contribution in [1.82, 2.24) is 0 Å². The first-order valence-electron chi connectivity index (χ1n) is 8.89. The maximum Gasteiger partial charge on any atom is 0.264 e. The first kappa shape index (κ1) is 22.7. The van der Waals surface area contributed by atoms with Crippen molar-refractivity contribution in [1.29, 1.82) is 0 Å². The molecule has 0 unspecified atom stereocenters. The number of hydrogen-bond acceptors (Lipinski definition) is 4. The highest BCUT2D eigenvalue weighted by Gasteiger charge is 2.19. The summed E-state index contributed by atoms with van der Waals surface area (Å²) in [6.07, 6.45) is -3.03. The van der Waals surface area contributed by atoms with Crippen molar-refractivity contribution in [2.75, 3.05) is 5.32 Å². The molecule has 0 saturated heterocycles. The molecule has 0 bridgehead atoms. The molecule has 162 valence electrons. The van der Waals surface area contributed by atoms with Gasteiger partial charge in [0.25, 0.3) is 6.43 Å². The van der Waals surface area contributed by atoms with E-state index >= 15 is 0 Å². The van der Waals surface area contributed by atoms with Crippen molar-refractivity contribution in [3.05, 3.63) is 82.9 Å². The normalized spacial score (nSPS) is 11.4. The molecule has 0 radical (unpaired) electrons. The second-order valence-corrected chi connectivity index (χ2v) is 8.46. The van der Waals surface area contributed by atoms with Crippen molar-refractivity contribution in [2.24, 2.45) is 5.14 Å². The SMILES string of the molecule is NS(=O)(=O)c1cc(NC(=O)Cc2ccccc2C(F)F)ccc1Oc1cccc(Cl)c1. The van der Waals surface area contributed by atoms with Gasteiger partial charge in [0.05, 0.1) is 6.42 Å². The van der Waals surface area contributed by atoms with Crippen molar-refractivity contribution in [3.63, 3.8) is 0 Å². The summed E-state index contributed by atoms with van der Waals surface area (Å²) >= 11 is 5.90. The smallest absolute Gasteiger partial charge is 0.264 e. The molecule has 3 aromatic rings. The van der Waals surface area contributed by atoms with Gasteiger partial charge in [0.15, 0.2) is 0 Å². The number of hydrogen-bond donors (Lipinski definition) is 2. The van der Waals surface area contributed by atoms with Gasteiger partial charge in [-0.25, -0.2) is 22.3 Å². The number of benzene rings is 3. The third-order valence-electron chi connectivity index (χ3n) is 4.20. The van der Waals surface area contributed by atoms with Crippen LogP contribution in [0.3, 0.4) is 0 Å². The summed E-state index contributed by atoms with van der Waals surface area (Å²) in [4.78, 5) is 12.0. The second-order valence-electron chi connectivity index (χ2n) is 6.49. The van der Waals surface area contributed by atoms with Crippen LogP contribution >= 0.6 is 11.6 Å². The van der Waals surface area contributed by atoms with E-state index in [-0.39, 0.29) is 39.6 Å². The van der Waals surface area contributed by atoms with Gasteiger partial charge in [-0.05, 0) is 42.0 Å². The lowest BCUT2D eigenvalue weighted by Gasteiger charge is -2.13. The van der Waals surface area contributed by atoms with Crippen LogP contribution in [-0.2, 0) is 21.2 Å². The Hall–Kier alpha value is -3.01. The zero-order valence-electron chi connectivity index (χ0n) is 15.9. The Labute approximate surface area is 182 Å². The molecule has 10 heteroatoms. The summed E-state index contributed by atoms with van der Waals surface area (Å²) in [5, 5.41) is 8.17. The van der Waals surface area contributed by atoms with Gasteiger partial charge in [-0.2, -0.15) is 0 Å². The molecule has 0 aliphatic rings. The van der Waals surface area contributed by atoms with Crippen LogP contribution in [-0.4, -0.2) is 14.3 Å². The molecule has 0 aliphatic heterocycles. The molecule has 31 heavy (non-hydrogen) atoms. The number of anilines is 1. The number of alkyl halides is 2. The average molecular weight is 467 g/mol. The average Bonchev–Trinajstić information content (AvgIpc) is 2.68. The minimum Gasteiger partial charge on any atom is -0.456 e. The monoisotopic (exact) mass is 466 g/mol. The molecule has 0 spiro atoms. The van der Waals surface area contributed by atoms with E-state index in [1.54, 1.807) is 24.3 Å². The molecule has 0 heterocycles. The Morgan fingerprint density at radius 3 is 2.48 bits per heavy atom. The maximum absolute atomic E-state index is 13.1. The number of nitrogens with two attached hydrogens (primary N) is 1. The highest BCUT2D eigenvalue weighted by molar-refractivity contribution is 7.89. The van der Waals surface area contributed by atoms with Gasteiger partial charge in [0.1, 0.15) is 16.4 Å². The van der Waals surface area contributed by atoms with Crippen LogP contribution in [0.25, 0.3) is 0 Å². The lowest BCUT2D eigenvalue weighted by atomic mass is 10.0. The van der Waals surface area contributed by atoms with Gasteiger partial charge < -0.3 is 10.1 Å². The third kappa shape index (κ3) is 6.00. The third-order valence-corrected chi connectivity index (χ3v) is 5.37. The van der Waals surface area contributed by atoms with E-state index in [1.165, 1.54) is 36.4 Å². The molecule has 6 nitrogen and oxygen atoms in total. The Morgan fingerprint density at radius 1 is 1.06 bits per heavy atom. The number of nitrogens with one attached hydrogen (secondary N) is 1. The molecule has 1 amide bonds. The number of rotatable bonds is 7. The van der Waals surface area contributed by atoms with E-state index in [0.29, 0.717) is 5.02 Å². The van der Waals surface area contributed by atoms with Crippen LogP contribution in [0.2, 0.25) is 5.02 Å². The van der Waals surface area contributed by atoms with Crippen LogP contribution in [0.4, 0.5) is 14.5 Å². The fourth-order valence-electron chi connectivity index (χ4n) is 2.84. The predicted octanol–water partition coefficient (Wildman–Crippen LogP) is 4.90. The minimum absolute atomic E-state index is 0.0641. The molecule has 3 rings (SSSR count). The maximum atomic E-state index is 13.1. The summed E-state index contributed by atoms with van der Waals surface area (Å²) in [6.45, 7) is 0. The minimum atomic E-state index is -4.21. The second kappa shape index (κ2) is 9.42. The van der Waals surface area contributed by atoms with Gasteiger partial charge in [-0.15, -0.1) is 0 Å².